The van der Waals surface area contributed by atoms with Crippen LogP contribution in [-0.4, -0.2) is 78.9 Å². The van der Waals surface area contributed by atoms with Crippen molar-refractivity contribution >= 4 is 35.1 Å². The van der Waals surface area contributed by atoms with E-state index in [1.54, 1.807) is 0 Å². The summed E-state index contributed by atoms with van der Waals surface area (Å²) in [6.45, 7) is -0.532. The highest BCUT2D eigenvalue weighted by Gasteiger charge is 2.46. The second-order valence-corrected chi connectivity index (χ2v) is 11.7. The molecule has 1 aliphatic rings. The van der Waals surface area contributed by atoms with Crippen molar-refractivity contribution < 1.29 is 68.7 Å². The van der Waals surface area contributed by atoms with Crippen molar-refractivity contribution in [3.05, 3.63) is 112 Å². The molecule has 15 heteroatoms. The molecule has 0 amide bonds. The lowest BCUT2D eigenvalue weighted by Crippen LogP contribution is -2.57. The van der Waals surface area contributed by atoms with Gasteiger partial charge in [0, 0.05) is 29.8 Å². The van der Waals surface area contributed by atoms with Crippen molar-refractivity contribution in [2.24, 2.45) is 0 Å². The van der Waals surface area contributed by atoms with E-state index in [-0.39, 0.29) is 39.5 Å². The van der Waals surface area contributed by atoms with E-state index in [2.05, 4.69) is 0 Å². The Labute approximate surface area is 298 Å². The summed E-state index contributed by atoms with van der Waals surface area (Å²) in [5.74, 6) is -4.77. The molecule has 1 saturated heterocycles. The number of esters is 2. The van der Waals surface area contributed by atoms with Gasteiger partial charge in [-0.3, -0.25) is 4.79 Å². The van der Waals surface area contributed by atoms with Crippen molar-refractivity contribution in [2.45, 2.75) is 24.6 Å². The number of hydrogen-bond donors (Lipinski definition) is 7. The lowest BCUT2D eigenvalue weighted by Gasteiger charge is -2.38. The van der Waals surface area contributed by atoms with E-state index < -0.39 is 71.6 Å². The van der Waals surface area contributed by atoms with Crippen LogP contribution in [0.25, 0.3) is 34.4 Å². The summed E-state index contributed by atoms with van der Waals surface area (Å²) in [5.41, 5.74) is -0.134. The molecule has 0 spiro atoms. The van der Waals surface area contributed by atoms with Gasteiger partial charge in [-0.15, -0.1) is 0 Å². The fraction of sp³-hybridized carbons (Fsp3) is 0.132. The van der Waals surface area contributed by atoms with Crippen molar-refractivity contribution in [1.29, 1.82) is 0 Å². The Bertz CT molecular complexity index is 2270. The van der Waals surface area contributed by atoms with E-state index in [0.29, 0.717) is 11.1 Å². The van der Waals surface area contributed by atoms with Crippen LogP contribution in [0.2, 0.25) is 0 Å². The average molecular weight is 727 g/mol. The van der Waals surface area contributed by atoms with E-state index in [9.17, 15) is 50.1 Å². The number of ether oxygens (including phenoxy) is 4. The van der Waals surface area contributed by atoms with Crippen molar-refractivity contribution in [3.63, 3.8) is 0 Å². The smallest absolute Gasteiger partial charge is 0.331 e. The quantitative estimate of drug-likeness (QED) is 0.0644. The predicted molar refractivity (Wildman–Crippen MR) is 185 cm³/mol. The maximum Gasteiger partial charge on any atom is 0.331 e. The molecular formula is C38H30O15. The number of hydrogen-bond acceptors (Lipinski definition) is 15. The number of carbonyl (C=O) groups excluding carboxylic acids is 2. The van der Waals surface area contributed by atoms with Crippen LogP contribution in [0.1, 0.15) is 11.1 Å². The highest BCUT2D eigenvalue weighted by Crippen LogP contribution is 2.37. The largest absolute Gasteiger partial charge is 0.508 e. The van der Waals surface area contributed by atoms with Crippen molar-refractivity contribution in [1.82, 2.24) is 0 Å². The number of benzene rings is 4. The molecule has 0 unspecified atom stereocenters. The van der Waals surface area contributed by atoms with E-state index in [1.165, 1.54) is 78.9 Å². The fourth-order valence-corrected chi connectivity index (χ4v) is 5.30. The fourth-order valence-electron chi connectivity index (χ4n) is 5.30. The summed E-state index contributed by atoms with van der Waals surface area (Å²) < 4.78 is 28.6. The first-order valence-corrected chi connectivity index (χ1v) is 15.7. The monoisotopic (exact) mass is 726 g/mol. The summed E-state index contributed by atoms with van der Waals surface area (Å²) >= 11 is 0. The second-order valence-electron chi connectivity index (χ2n) is 11.7. The van der Waals surface area contributed by atoms with Gasteiger partial charge >= 0.3 is 11.9 Å². The summed E-state index contributed by atoms with van der Waals surface area (Å²) in [6, 6.07) is 17.0. The topological polar surface area (TPSA) is 243 Å². The van der Waals surface area contributed by atoms with Crippen LogP contribution < -0.4 is 10.2 Å². The lowest BCUT2D eigenvalue weighted by atomic mass is 10.0. The zero-order chi connectivity index (χ0) is 37.8. The lowest BCUT2D eigenvalue weighted by molar-refractivity contribution is -0.253. The predicted octanol–water partition coefficient (Wildman–Crippen LogP) is 4.04. The normalized spacial score (nSPS) is 18.7. The third-order valence-electron chi connectivity index (χ3n) is 7.93. The molecule has 5 aromatic rings. The molecule has 1 fully saturated rings. The minimum absolute atomic E-state index is 0.00111. The molecule has 0 aliphatic carbocycles. The number of carbonyl (C=O) groups is 2. The molecular weight excluding hydrogens is 696 g/mol. The van der Waals surface area contributed by atoms with Crippen LogP contribution >= 0.6 is 0 Å². The highest BCUT2D eigenvalue weighted by molar-refractivity contribution is 5.89. The van der Waals surface area contributed by atoms with E-state index in [1.807, 2.05) is 0 Å². The first-order chi connectivity index (χ1) is 25.4. The van der Waals surface area contributed by atoms with Gasteiger partial charge < -0.3 is 59.1 Å². The van der Waals surface area contributed by atoms with Crippen LogP contribution in [0.4, 0.5) is 0 Å². The van der Waals surface area contributed by atoms with E-state index in [0.717, 1.165) is 24.3 Å². The van der Waals surface area contributed by atoms with E-state index in [4.69, 9.17) is 23.4 Å². The molecule has 53 heavy (non-hydrogen) atoms. The number of phenols is 6. The number of aliphatic hydroxyl groups is 1. The molecule has 4 aromatic carbocycles. The van der Waals surface area contributed by atoms with Crippen LogP contribution in [0, 0.1) is 0 Å². The molecule has 15 nitrogen and oxygen atoms in total. The Morgan fingerprint density at radius 2 is 1.32 bits per heavy atom. The van der Waals surface area contributed by atoms with E-state index >= 15 is 0 Å². The number of aromatic hydroxyl groups is 6. The highest BCUT2D eigenvalue weighted by atomic mass is 16.7. The number of rotatable bonds is 9. The Morgan fingerprint density at radius 3 is 2.00 bits per heavy atom. The van der Waals surface area contributed by atoms with Gasteiger partial charge in [0.1, 0.15) is 40.1 Å². The van der Waals surface area contributed by atoms with Gasteiger partial charge in [0.2, 0.25) is 17.5 Å². The second kappa shape index (κ2) is 15.1. The third kappa shape index (κ3) is 8.17. The summed E-state index contributed by atoms with van der Waals surface area (Å²) in [6.07, 6.45) is -2.16. The number of phenolic OH excluding ortho intramolecular Hbond substituents is 6. The molecule has 0 saturated carbocycles. The standard InChI is InChI=1S/C38H30O15/c39-22-8-1-19(2-9-22)4-13-31(46)52-37-33(47)29(50-30(45)14-5-20-3-12-25(42)26(43)15-20)18-49-38(37)53-36-34(48)32-27(44)16-24(41)17-28(32)51-35(36)21-6-10-23(40)11-7-21/h1-17,29,33,37-44,47H,18H2/b13-4+,14-5-/t29-,33-,37+,38-/m0/s1. The maximum absolute atomic E-state index is 13.9. The molecule has 0 radical (unpaired) electrons. The molecule has 1 aliphatic heterocycles. The van der Waals surface area contributed by atoms with Crippen LogP contribution in [0.15, 0.2) is 100 Å². The number of fused-ring (bicyclic) bond motifs is 1. The van der Waals surface area contributed by atoms with Crippen molar-refractivity contribution in [2.75, 3.05) is 6.61 Å². The zero-order valence-electron chi connectivity index (χ0n) is 27.2. The van der Waals surface area contributed by atoms with Gasteiger partial charge in [-0.05, 0) is 71.8 Å². The van der Waals surface area contributed by atoms with Gasteiger partial charge in [0.25, 0.3) is 0 Å². The Morgan fingerprint density at radius 1 is 0.698 bits per heavy atom. The summed E-state index contributed by atoms with van der Waals surface area (Å²) in [7, 11) is 0. The van der Waals surface area contributed by atoms with Gasteiger partial charge in [0.15, 0.2) is 29.5 Å². The van der Waals surface area contributed by atoms with Gasteiger partial charge in [-0.1, -0.05) is 18.2 Å². The average Bonchev–Trinajstić information content (AvgIpc) is 3.12. The zero-order valence-corrected chi connectivity index (χ0v) is 27.2. The van der Waals surface area contributed by atoms with Crippen LogP contribution in [-0.2, 0) is 23.8 Å². The maximum atomic E-state index is 13.9. The Balaban J connectivity index is 1.32. The van der Waals surface area contributed by atoms with Crippen LogP contribution in [0.5, 0.6) is 40.2 Å². The minimum atomic E-state index is -1.81. The number of aliphatic hydroxyl groups excluding tert-OH is 1. The molecule has 7 N–H and O–H groups in total. The molecule has 4 atom stereocenters. The first-order valence-electron chi connectivity index (χ1n) is 15.7. The van der Waals surface area contributed by atoms with Gasteiger partial charge in [-0.25, -0.2) is 9.59 Å². The minimum Gasteiger partial charge on any atom is -0.508 e. The molecule has 2 heterocycles. The first kappa shape index (κ1) is 35.8. The molecule has 272 valence electrons. The summed E-state index contributed by atoms with van der Waals surface area (Å²) in [4.78, 5) is 39.7. The van der Waals surface area contributed by atoms with Crippen molar-refractivity contribution in [3.8, 4) is 51.6 Å². The Hall–Kier alpha value is -6.97. The third-order valence-corrected chi connectivity index (χ3v) is 7.93. The summed E-state index contributed by atoms with van der Waals surface area (Å²) in [5, 5.41) is 70.3. The van der Waals surface area contributed by atoms with Gasteiger partial charge in [0.05, 0.1) is 6.61 Å². The molecule has 0 bridgehead atoms. The SMILES string of the molecule is O=C(/C=C\c1ccc(O)c(O)c1)O[C@H]1CO[C@@H](Oc2c(-c3ccc(O)cc3)oc3cc(O)cc(O)c3c2=O)[C@H](OC(=O)/C=C/c2ccc(O)cc2)[C@H]1O. The van der Waals surface area contributed by atoms with Gasteiger partial charge in [-0.2, -0.15) is 0 Å². The molecule has 1 aromatic heterocycles. The van der Waals surface area contributed by atoms with Crippen LogP contribution in [0.3, 0.4) is 0 Å². The molecule has 6 rings (SSSR count). The Kier molecular flexibility index (Phi) is 10.2.